The molecule has 0 bridgehead atoms. The summed E-state index contributed by atoms with van der Waals surface area (Å²) in [5.74, 6) is 0.0167. The maximum absolute atomic E-state index is 12.8. The van der Waals surface area contributed by atoms with Crippen LogP contribution in [-0.2, 0) is 17.4 Å². The number of nitrogens with one attached hydrogen (secondary N) is 1. The zero-order valence-corrected chi connectivity index (χ0v) is 19.8. The van der Waals surface area contributed by atoms with Gasteiger partial charge < -0.3 is 15.4 Å². The molecule has 1 saturated heterocycles. The summed E-state index contributed by atoms with van der Waals surface area (Å²) in [5.41, 5.74) is 7.67. The summed E-state index contributed by atoms with van der Waals surface area (Å²) in [7, 11) is 0. The van der Waals surface area contributed by atoms with Crippen LogP contribution in [-0.4, -0.2) is 35.0 Å². The largest absolute Gasteiger partial charge is 0.457 e. The Bertz CT molecular complexity index is 1240. The molecule has 2 amide bonds. The van der Waals surface area contributed by atoms with Crippen LogP contribution >= 0.6 is 0 Å². The van der Waals surface area contributed by atoms with E-state index < -0.39 is 23.1 Å². The van der Waals surface area contributed by atoms with Gasteiger partial charge in [-0.05, 0) is 85.5 Å². The molecule has 0 atom stereocenters. The smallest absolute Gasteiger partial charge is 0.416 e. The predicted octanol–water partition coefficient (Wildman–Crippen LogP) is 5.05. The zero-order valence-electron chi connectivity index (χ0n) is 19.8. The van der Waals surface area contributed by atoms with Crippen LogP contribution in [0.2, 0.25) is 0 Å². The third-order valence-electron chi connectivity index (χ3n) is 6.63. The molecule has 4 N–H and O–H groups in total. The van der Waals surface area contributed by atoms with Gasteiger partial charge in [0, 0.05) is 24.3 Å². The molecule has 0 aliphatic carbocycles. The molecule has 0 radical (unpaired) electrons. The summed E-state index contributed by atoms with van der Waals surface area (Å²) in [5, 5.41) is 9.41. The van der Waals surface area contributed by atoms with Gasteiger partial charge in [-0.15, -0.1) is 0 Å². The summed E-state index contributed by atoms with van der Waals surface area (Å²) in [6, 6.07) is 17.9. The molecule has 7 nitrogen and oxygen atoms in total. The van der Waals surface area contributed by atoms with Gasteiger partial charge in [0.25, 0.3) is 5.91 Å². The van der Waals surface area contributed by atoms with Crippen LogP contribution < -0.4 is 16.0 Å². The lowest BCUT2D eigenvalue weighted by molar-refractivity contribution is -0.142. The molecule has 1 aliphatic rings. The number of alkyl halides is 3. The van der Waals surface area contributed by atoms with Crippen LogP contribution in [0.1, 0.15) is 34.3 Å². The molecule has 0 aromatic heterocycles. The van der Waals surface area contributed by atoms with Crippen molar-refractivity contribution in [2.45, 2.75) is 25.4 Å². The van der Waals surface area contributed by atoms with Crippen molar-refractivity contribution in [3.8, 4) is 11.5 Å². The average molecular weight is 514 g/mol. The predicted molar refractivity (Wildman–Crippen MR) is 130 cm³/mol. The van der Waals surface area contributed by atoms with Gasteiger partial charge in [-0.1, -0.05) is 12.1 Å². The van der Waals surface area contributed by atoms with Crippen molar-refractivity contribution in [3.63, 3.8) is 0 Å². The van der Waals surface area contributed by atoms with E-state index >= 15 is 0 Å². The number of benzene rings is 3. The SMILES string of the molecule is Nc1ccc(C(=O)N2CCC(Cc3ccc(Oc4ccc(C(F)(F)F)cc4)cc3)(C(=O)NO)CC2)cc1. The highest BCUT2D eigenvalue weighted by molar-refractivity contribution is 5.94. The summed E-state index contributed by atoms with van der Waals surface area (Å²) < 4.78 is 43.9. The number of halogens is 3. The second-order valence-electron chi connectivity index (χ2n) is 9.08. The number of nitrogens with two attached hydrogens (primary N) is 1. The second-order valence-corrected chi connectivity index (χ2v) is 9.08. The van der Waals surface area contributed by atoms with E-state index in [1.807, 2.05) is 0 Å². The number of rotatable bonds is 6. The fraction of sp³-hybridized carbons (Fsp3) is 0.259. The number of anilines is 1. The Morgan fingerprint density at radius 2 is 1.46 bits per heavy atom. The minimum Gasteiger partial charge on any atom is -0.457 e. The first kappa shape index (κ1) is 26.0. The van der Waals surface area contributed by atoms with E-state index in [9.17, 15) is 28.0 Å². The van der Waals surface area contributed by atoms with E-state index in [0.29, 0.717) is 49.4 Å². The number of piperidine rings is 1. The molecule has 37 heavy (non-hydrogen) atoms. The number of nitrogen functional groups attached to an aromatic ring is 1. The van der Waals surface area contributed by atoms with Gasteiger partial charge in [-0.25, -0.2) is 5.48 Å². The van der Waals surface area contributed by atoms with E-state index in [1.165, 1.54) is 12.1 Å². The first-order chi connectivity index (χ1) is 17.6. The number of carbonyl (C=O) groups excluding carboxylic acids is 2. The third kappa shape index (κ3) is 6.03. The van der Waals surface area contributed by atoms with Crippen LogP contribution in [0.4, 0.5) is 18.9 Å². The zero-order chi connectivity index (χ0) is 26.6. The van der Waals surface area contributed by atoms with E-state index in [1.54, 1.807) is 58.9 Å². The fourth-order valence-electron chi connectivity index (χ4n) is 4.46. The standard InChI is InChI=1S/C27H26F3N3O4/c28-27(29,30)20-5-11-23(12-6-20)37-22-9-1-18(2-10-22)17-26(25(35)32-36)13-15-33(16-14-26)24(34)19-3-7-21(31)8-4-19/h1-12,36H,13-17,31H2,(H,32,35). The van der Waals surface area contributed by atoms with Crippen molar-refractivity contribution < 1.29 is 32.7 Å². The molecule has 194 valence electrons. The summed E-state index contributed by atoms with van der Waals surface area (Å²) in [6.07, 6.45) is -3.39. The molecule has 0 spiro atoms. The normalized spacial score (nSPS) is 15.2. The van der Waals surface area contributed by atoms with Crippen molar-refractivity contribution in [3.05, 3.63) is 89.5 Å². The number of carbonyl (C=O) groups is 2. The van der Waals surface area contributed by atoms with Crippen molar-refractivity contribution in [1.29, 1.82) is 0 Å². The summed E-state index contributed by atoms with van der Waals surface area (Å²) >= 11 is 0. The molecule has 4 rings (SSSR count). The number of hydrogen-bond donors (Lipinski definition) is 3. The highest BCUT2D eigenvalue weighted by Crippen LogP contribution is 2.37. The first-order valence-electron chi connectivity index (χ1n) is 11.6. The Morgan fingerprint density at radius 1 is 0.919 bits per heavy atom. The minimum absolute atomic E-state index is 0.150. The van der Waals surface area contributed by atoms with Gasteiger partial charge in [0.1, 0.15) is 11.5 Å². The van der Waals surface area contributed by atoms with Gasteiger partial charge >= 0.3 is 6.18 Å². The molecule has 10 heteroatoms. The molecule has 0 saturated carbocycles. The number of nitrogens with zero attached hydrogens (tertiary/aromatic N) is 1. The van der Waals surface area contributed by atoms with Crippen LogP contribution in [0.5, 0.6) is 11.5 Å². The highest BCUT2D eigenvalue weighted by Gasteiger charge is 2.42. The van der Waals surface area contributed by atoms with E-state index in [4.69, 9.17) is 10.5 Å². The number of ether oxygens (including phenoxy) is 1. The second kappa shape index (κ2) is 10.5. The first-order valence-corrected chi connectivity index (χ1v) is 11.6. The molecular weight excluding hydrogens is 487 g/mol. The Kier molecular flexibility index (Phi) is 7.40. The minimum atomic E-state index is -4.42. The number of hydroxylamine groups is 1. The molecular formula is C27H26F3N3O4. The number of likely N-dealkylation sites (tertiary alicyclic amines) is 1. The maximum atomic E-state index is 12.8. The van der Waals surface area contributed by atoms with Crippen molar-refractivity contribution in [1.82, 2.24) is 10.4 Å². The third-order valence-corrected chi connectivity index (χ3v) is 6.63. The highest BCUT2D eigenvalue weighted by atomic mass is 19.4. The Labute approximate surface area is 211 Å². The average Bonchev–Trinajstić information content (AvgIpc) is 2.89. The molecule has 1 fully saturated rings. The van der Waals surface area contributed by atoms with Crippen LogP contribution in [0.25, 0.3) is 0 Å². The van der Waals surface area contributed by atoms with Crippen molar-refractivity contribution >= 4 is 17.5 Å². The molecule has 3 aromatic carbocycles. The van der Waals surface area contributed by atoms with E-state index in [2.05, 4.69) is 0 Å². The number of amides is 2. The fourth-order valence-corrected chi connectivity index (χ4v) is 4.46. The molecule has 0 unspecified atom stereocenters. The van der Waals surface area contributed by atoms with E-state index in [0.717, 1.165) is 17.7 Å². The summed E-state index contributed by atoms with van der Waals surface area (Å²) in [6.45, 7) is 0.678. The van der Waals surface area contributed by atoms with Gasteiger partial charge in [0.2, 0.25) is 5.91 Å². The topological polar surface area (TPSA) is 105 Å². The van der Waals surface area contributed by atoms with Gasteiger partial charge in [-0.2, -0.15) is 13.2 Å². The molecule has 1 aliphatic heterocycles. The number of hydrogen-bond acceptors (Lipinski definition) is 5. The molecule has 3 aromatic rings. The van der Waals surface area contributed by atoms with E-state index in [-0.39, 0.29) is 11.7 Å². The van der Waals surface area contributed by atoms with Crippen molar-refractivity contribution in [2.24, 2.45) is 5.41 Å². The van der Waals surface area contributed by atoms with Gasteiger partial charge in [-0.3, -0.25) is 14.8 Å². The Morgan fingerprint density at radius 3 is 1.97 bits per heavy atom. The lowest BCUT2D eigenvalue weighted by atomic mass is 9.73. The summed E-state index contributed by atoms with van der Waals surface area (Å²) in [4.78, 5) is 27.2. The quantitative estimate of drug-likeness (QED) is 0.243. The lowest BCUT2D eigenvalue weighted by Gasteiger charge is -2.40. The monoisotopic (exact) mass is 513 g/mol. The Balaban J connectivity index is 1.41. The van der Waals surface area contributed by atoms with Crippen LogP contribution in [0, 0.1) is 5.41 Å². The van der Waals surface area contributed by atoms with Crippen LogP contribution in [0.3, 0.4) is 0 Å². The van der Waals surface area contributed by atoms with Crippen LogP contribution in [0.15, 0.2) is 72.8 Å². The maximum Gasteiger partial charge on any atom is 0.416 e. The Hall–Kier alpha value is -4.05. The molecule has 1 heterocycles. The lowest BCUT2D eigenvalue weighted by Crippen LogP contribution is -2.50. The van der Waals surface area contributed by atoms with Crippen molar-refractivity contribution in [2.75, 3.05) is 18.8 Å². The van der Waals surface area contributed by atoms with Gasteiger partial charge in [0.05, 0.1) is 11.0 Å². The van der Waals surface area contributed by atoms with Gasteiger partial charge in [0.15, 0.2) is 0 Å².